The second kappa shape index (κ2) is 4.32. The minimum absolute atomic E-state index is 0.121. The fourth-order valence-electron chi connectivity index (χ4n) is 3.61. The van der Waals surface area contributed by atoms with E-state index in [4.69, 9.17) is 11.6 Å². The van der Waals surface area contributed by atoms with Gasteiger partial charge >= 0.3 is 0 Å². The van der Waals surface area contributed by atoms with E-state index in [2.05, 4.69) is 17.4 Å². The van der Waals surface area contributed by atoms with Crippen molar-refractivity contribution >= 4 is 17.3 Å². The highest BCUT2D eigenvalue weighted by Gasteiger charge is 2.42. The van der Waals surface area contributed by atoms with Crippen molar-refractivity contribution in [2.24, 2.45) is 5.18 Å². The Morgan fingerprint density at radius 2 is 2.33 bits per heavy atom. The highest BCUT2D eigenvalue weighted by molar-refractivity contribution is 6.33. The summed E-state index contributed by atoms with van der Waals surface area (Å²) >= 11 is 6.09. The third-order valence-electron chi connectivity index (χ3n) is 4.63. The van der Waals surface area contributed by atoms with Crippen LogP contribution in [0.3, 0.4) is 0 Å². The van der Waals surface area contributed by atoms with Crippen LogP contribution in [-0.2, 0) is 11.8 Å². The van der Waals surface area contributed by atoms with E-state index in [1.165, 1.54) is 24.0 Å². The molecule has 2 aliphatic rings. The maximum atomic E-state index is 10.8. The maximum Gasteiger partial charge on any atom is 0.126 e. The van der Waals surface area contributed by atoms with Gasteiger partial charge in [-0.05, 0) is 54.2 Å². The fourth-order valence-corrected chi connectivity index (χ4v) is 3.83. The molecule has 0 saturated heterocycles. The first-order valence-electron chi connectivity index (χ1n) is 6.55. The number of halogens is 1. The molecular formula is C14H17ClN2O. The molecule has 0 radical (unpaired) electrons. The summed E-state index contributed by atoms with van der Waals surface area (Å²) < 4.78 is 0. The molecule has 1 saturated carbocycles. The molecule has 1 aliphatic carbocycles. The Kier molecular flexibility index (Phi) is 2.91. The lowest BCUT2D eigenvalue weighted by atomic mass is 9.76. The van der Waals surface area contributed by atoms with Crippen LogP contribution < -0.4 is 5.32 Å². The van der Waals surface area contributed by atoms with Gasteiger partial charge in [-0.15, -0.1) is 4.91 Å². The Morgan fingerprint density at radius 1 is 1.50 bits per heavy atom. The molecule has 1 heterocycles. The Labute approximate surface area is 112 Å². The molecule has 0 aromatic heterocycles. The van der Waals surface area contributed by atoms with Crippen molar-refractivity contribution in [2.45, 2.75) is 44.1 Å². The molecule has 1 aliphatic heterocycles. The van der Waals surface area contributed by atoms with Gasteiger partial charge in [-0.25, -0.2) is 0 Å². The van der Waals surface area contributed by atoms with Gasteiger partial charge in [0, 0.05) is 11.5 Å². The Hall–Kier alpha value is -0.930. The van der Waals surface area contributed by atoms with E-state index in [1.54, 1.807) is 0 Å². The summed E-state index contributed by atoms with van der Waals surface area (Å²) in [5, 5.41) is 7.16. The zero-order chi connectivity index (χ0) is 12.8. The van der Waals surface area contributed by atoms with Crippen LogP contribution in [0.15, 0.2) is 17.3 Å². The summed E-state index contributed by atoms with van der Waals surface area (Å²) in [6.45, 7) is 3.28. The van der Waals surface area contributed by atoms with Gasteiger partial charge in [0.2, 0.25) is 0 Å². The summed E-state index contributed by atoms with van der Waals surface area (Å²) in [6.07, 6.45) is 4.58. The summed E-state index contributed by atoms with van der Waals surface area (Å²) in [7, 11) is 0. The molecular weight excluding hydrogens is 248 g/mol. The molecule has 0 amide bonds. The molecule has 4 heteroatoms. The van der Waals surface area contributed by atoms with Crippen molar-refractivity contribution < 1.29 is 0 Å². The molecule has 1 aromatic carbocycles. The van der Waals surface area contributed by atoms with Gasteiger partial charge in [0.05, 0.1) is 5.02 Å². The van der Waals surface area contributed by atoms with E-state index in [0.29, 0.717) is 16.8 Å². The first kappa shape index (κ1) is 12.1. The van der Waals surface area contributed by atoms with Crippen molar-refractivity contribution in [3.63, 3.8) is 0 Å². The maximum absolute atomic E-state index is 10.8. The zero-order valence-electron chi connectivity index (χ0n) is 10.5. The summed E-state index contributed by atoms with van der Waals surface area (Å²) in [5.74, 6) is 0. The van der Waals surface area contributed by atoms with Crippen molar-refractivity contribution in [1.29, 1.82) is 0 Å². The van der Waals surface area contributed by atoms with Gasteiger partial charge in [-0.2, -0.15) is 0 Å². The fraction of sp³-hybridized carbons (Fsp3) is 0.571. The first-order valence-corrected chi connectivity index (χ1v) is 6.92. The minimum atomic E-state index is 0.121. The largest absolute Gasteiger partial charge is 0.313 e. The lowest BCUT2D eigenvalue weighted by molar-refractivity contribution is 0.376. The van der Waals surface area contributed by atoms with Gasteiger partial charge in [0.1, 0.15) is 5.69 Å². The van der Waals surface area contributed by atoms with Gasteiger partial charge in [0.15, 0.2) is 0 Å². The number of benzene rings is 1. The summed E-state index contributed by atoms with van der Waals surface area (Å²) in [6, 6.07) is 4.36. The van der Waals surface area contributed by atoms with Gasteiger partial charge in [0.25, 0.3) is 0 Å². The van der Waals surface area contributed by atoms with Crippen LogP contribution in [-0.4, -0.2) is 12.6 Å². The third-order valence-corrected chi connectivity index (χ3v) is 4.93. The zero-order valence-corrected chi connectivity index (χ0v) is 11.3. The van der Waals surface area contributed by atoms with Crippen LogP contribution in [0.1, 0.15) is 37.3 Å². The number of nitrogens with one attached hydrogen (secondary N) is 1. The Balaban J connectivity index is 2.18. The molecule has 0 bridgehead atoms. The highest BCUT2D eigenvalue weighted by Crippen LogP contribution is 2.45. The minimum Gasteiger partial charge on any atom is -0.313 e. The van der Waals surface area contributed by atoms with E-state index < -0.39 is 0 Å². The lowest BCUT2D eigenvalue weighted by Crippen LogP contribution is -2.41. The number of fused-ring (bicyclic) bond motifs is 3. The van der Waals surface area contributed by atoms with Crippen LogP contribution in [0.2, 0.25) is 5.02 Å². The normalized spacial score (nSPS) is 30.4. The molecule has 2 atom stereocenters. The van der Waals surface area contributed by atoms with Crippen molar-refractivity contribution in [1.82, 2.24) is 5.32 Å². The van der Waals surface area contributed by atoms with E-state index in [-0.39, 0.29) is 5.41 Å². The van der Waals surface area contributed by atoms with Gasteiger partial charge in [-0.1, -0.05) is 24.9 Å². The van der Waals surface area contributed by atoms with E-state index in [0.717, 1.165) is 19.4 Å². The number of rotatable bonds is 1. The highest BCUT2D eigenvalue weighted by atomic mass is 35.5. The van der Waals surface area contributed by atoms with Crippen LogP contribution in [0.5, 0.6) is 0 Å². The summed E-state index contributed by atoms with van der Waals surface area (Å²) in [4.78, 5) is 10.8. The monoisotopic (exact) mass is 264 g/mol. The summed E-state index contributed by atoms with van der Waals surface area (Å²) in [5.41, 5.74) is 3.04. The third kappa shape index (κ3) is 1.69. The standard InChI is InChI=1S/C14H17ClN2O/c1-14-5-2-3-13(14)16-6-4-9-7-11(15)12(17-18)8-10(9)14/h7-8,13,16H,2-6H2,1H3/t13-,14?/m0/s1. The van der Waals surface area contributed by atoms with Crippen LogP contribution in [0.4, 0.5) is 5.69 Å². The molecule has 96 valence electrons. The predicted molar refractivity (Wildman–Crippen MR) is 73.6 cm³/mol. The predicted octanol–water partition coefficient (Wildman–Crippen LogP) is 3.69. The van der Waals surface area contributed by atoms with E-state index >= 15 is 0 Å². The van der Waals surface area contributed by atoms with Crippen molar-refractivity contribution in [3.05, 3.63) is 33.2 Å². The van der Waals surface area contributed by atoms with E-state index in [1.807, 2.05) is 12.1 Å². The Bertz CT molecular complexity index is 503. The second-order valence-electron chi connectivity index (χ2n) is 5.62. The molecule has 1 fully saturated rings. The first-order chi connectivity index (χ1) is 8.65. The van der Waals surface area contributed by atoms with Crippen LogP contribution in [0.25, 0.3) is 0 Å². The van der Waals surface area contributed by atoms with Gasteiger partial charge in [-0.3, -0.25) is 0 Å². The number of hydrogen-bond donors (Lipinski definition) is 1. The average molecular weight is 265 g/mol. The number of hydrogen-bond acceptors (Lipinski definition) is 3. The van der Waals surface area contributed by atoms with Crippen molar-refractivity contribution in [3.8, 4) is 0 Å². The molecule has 0 spiro atoms. The van der Waals surface area contributed by atoms with Gasteiger partial charge < -0.3 is 5.32 Å². The number of nitroso groups, excluding NO2 is 1. The van der Waals surface area contributed by atoms with Crippen LogP contribution in [0, 0.1) is 4.91 Å². The molecule has 1 aromatic rings. The molecule has 3 rings (SSSR count). The smallest absolute Gasteiger partial charge is 0.126 e. The lowest BCUT2D eigenvalue weighted by Gasteiger charge is -2.32. The quantitative estimate of drug-likeness (QED) is 0.786. The van der Waals surface area contributed by atoms with Crippen molar-refractivity contribution in [2.75, 3.05) is 6.54 Å². The molecule has 1 unspecified atom stereocenters. The molecule has 18 heavy (non-hydrogen) atoms. The number of nitrogens with zero attached hydrogens (tertiary/aromatic N) is 1. The molecule has 1 N–H and O–H groups in total. The Morgan fingerprint density at radius 3 is 3.11 bits per heavy atom. The second-order valence-corrected chi connectivity index (χ2v) is 6.03. The SMILES string of the molecule is CC12CCC[C@@H]1NCCc1cc(Cl)c(N=O)cc12. The molecule has 3 nitrogen and oxygen atoms in total. The van der Waals surface area contributed by atoms with Crippen LogP contribution >= 0.6 is 11.6 Å². The van der Waals surface area contributed by atoms with E-state index in [9.17, 15) is 4.91 Å². The topological polar surface area (TPSA) is 41.5 Å². The average Bonchev–Trinajstić information content (AvgIpc) is 2.66.